The van der Waals surface area contributed by atoms with E-state index in [0.29, 0.717) is 24.8 Å². The summed E-state index contributed by atoms with van der Waals surface area (Å²) in [4.78, 5) is 15.1. The van der Waals surface area contributed by atoms with E-state index in [1.807, 2.05) is 54.6 Å². The molecule has 0 bridgehead atoms. The molecule has 1 aliphatic rings. The highest BCUT2D eigenvalue weighted by Gasteiger charge is 2.17. The summed E-state index contributed by atoms with van der Waals surface area (Å²) in [5, 5.41) is 3.03. The summed E-state index contributed by atoms with van der Waals surface area (Å²) < 4.78 is 5.80. The Labute approximate surface area is 204 Å². The van der Waals surface area contributed by atoms with Gasteiger partial charge in [0.2, 0.25) is 0 Å². The predicted molar refractivity (Wildman–Crippen MR) is 138 cm³/mol. The molecule has 4 nitrogen and oxygen atoms in total. The molecule has 4 rings (SSSR count). The number of amides is 1. The lowest BCUT2D eigenvalue weighted by Crippen LogP contribution is -2.28. The van der Waals surface area contributed by atoms with Crippen LogP contribution < -0.4 is 10.1 Å². The van der Waals surface area contributed by atoms with Gasteiger partial charge in [0, 0.05) is 18.2 Å². The van der Waals surface area contributed by atoms with Gasteiger partial charge in [0.05, 0.1) is 0 Å². The van der Waals surface area contributed by atoms with E-state index in [-0.39, 0.29) is 5.91 Å². The molecule has 178 valence electrons. The van der Waals surface area contributed by atoms with Gasteiger partial charge in [-0.25, -0.2) is 0 Å². The van der Waals surface area contributed by atoms with Gasteiger partial charge in [-0.1, -0.05) is 67.4 Å². The third-order valence-corrected chi connectivity index (χ3v) is 6.71. The van der Waals surface area contributed by atoms with Crippen LogP contribution in [-0.4, -0.2) is 30.4 Å². The highest BCUT2D eigenvalue weighted by molar-refractivity contribution is 5.94. The van der Waals surface area contributed by atoms with Crippen molar-refractivity contribution in [2.75, 3.05) is 19.6 Å². The van der Waals surface area contributed by atoms with E-state index in [1.165, 1.54) is 49.9 Å². The summed E-state index contributed by atoms with van der Waals surface area (Å²) in [5.41, 5.74) is 4.39. The molecule has 3 aromatic rings. The Balaban J connectivity index is 1.21. The fourth-order valence-corrected chi connectivity index (χ4v) is 4.52. The molecule has 1 fully saturated rings. The maximum atomic E-state index is 12.5. The van der Waals surface area contributed by atoms with Crippen molar-refractivity contribution in [3.63, 3.8) is 0 Å². The zero-order valence-electron chi connectivity index (χ0n) is 20.2. The van der Waals surface area contributed by atoms with Gasteiger partial charge in [-0.2, -0.15) is 0 Å². The number of nitrogens with zero attached hydrogens (tertiary/aromatic N) is 1. The lowest BCUT2D eigenvalue weighted by Gasteiger charge is -2.28. The molecule has 4 heteroatoms. The first-order valence-corrected chi connectivity index (χ1v) is 12.6. The summed E-state index contributed by atoms with van der Waals surface area (Å²) >= 11 is 0. The van der Waals surface area contributed by atoms with Crippen LogP contribution in [0.15, 0.2) is 78.9 Å². The van der Waals surface area contributed by atoms with E-state index < -0.39 is 0 Å². The molecule has 1 aliphatic heterocycles. The largest absolute Gasteiger partial charge is 0.489 e. The molecular weight excluding hydrogens is 420 g/mol. The van der Waals surface area contributed by atoms with Gasteiger partial charge in [-0.15, -0.1) is 0 Å². The van der Waals surface area contributed by atoms with Gasteiger partial charge in [0.25, 0.3) is 5.91 Å². The number of rotatable bonds is 9. The molecule has 0 spiro atoms. The monoisotopic (exact) mass is 456 g/mol. The fraction of sp³-hybridized carbons (Fsp3) is 0.367. The van der Waals surface area contributed by atoms with Crippen LogP contribution in [-0.2, 0) is 13.0 Å². The van der Waals surface area contributed by atoms with Gasteiger partial charge >= 0.3 is 0 Å². The van der Waals surface area contributed by atoms with Crippen LogP contribution in [0.5, 0.6) is 5.75 Å². The molecule has 3 aromatic carbocycles. The lowest BCUT2D eigenvalue weighted by molar-refractivity contribution is 0.0954. The predicted octanol–water partition coefficient (Wildman–Crippen LogP) is 6.18. The quantitative estimate of drug-likeness (QED) is 0.418. The zero-order valence-corrected chi connectivity index (χ0v) is 20.2. The van der Waals surface area contributed by atoms with E-state index >= 15 is 0 Å². The Bertz CT molecular complexity index is 1010. The number of ether oxygens (including phenoxy) is 1. The van der Waals surface area contributed by atoms with Crippen LogP contribution in [0, 0.1) is 0 Å². The first-order valence-electron chi connectivity index (χ1n) is 12.6. The Morgan fingerprint density at radius 2 is 1.53 bits per heavy atom. The number of hydrogen-bond donors (Lipinski definition) is 1. The minimum absolute atomic E-state index is 0.0546. The normalized spacial score (nSPS) is 15.3. The lowest BCUT2D eigenvalue weighted by atomic mass is 10.0. The van der Waals surface area contributed by atoms with E-state index in [9.17, 15) is 4.79 Å². The van der Waals surface area contributed by atoms with Crippen molar-refractivity contribution in [2.45, 2.75) is 51.7 Å². The Morgan fingerprint density at radius 1 is 0.853 bits per heavy atom. The number of benzene rings is 3. The van der Waals surface area contributed by atoms with Gasteiger partial charge < -0.3 is 10.1 Å². The average molecular weight is 457 g/mol. The van der Waals surface area contributed by atoms with Gasteiger partial charge in [0.15, 0.2) is 0 Å². The van der Waals surface area contributed by atoms with Crippen molar-refractivity contribution in [3.05, 3.63) is 101 Å². The standard InChI is InChI=1S/C30H36N2O2/c1-24(32-21-7-2-3-8-22-32)27-13-11-25(12-14-27)19-20-31-30(33)28-15-17-29(18-16-28)34-23-26-9-5-4-6-10-26/h4-6,9-18,24H,2-3,7-8,19-23H2,1H3,(H,31,33). The molecule has 1 amide bonds. The van der Waals surface area contributed by atoms with Crippen molar-refractivity contribution in [1.29, 1.82) is 0 Å². The molecule has 0 radical (unpaired) electrons. The van der Waals surface area contributed by atoms with E-state index in [2.05, 4.69) is 41.4 Å². The van der Waals surface area contributed by atoms with Crippen LogP contribution in [0.25, 0.3) is 0 Å². The second kappa shape index (κ2) is 12.4. The summed E-state index contributed by atoms with van der Waals surface area (Å²) in [5.74, 6) is 0.705. The third-order valence-electron chi connectivity index (χ3n) is 6.71. The van der Waals surface area contributed by atoms with Crippen molar-refractivity contribution < 1.29 is 9.53 Å². The van der Waals surface area contributed by atoms with Crippen molar-refractivity contribution in [1.82, 2.24) is 10.2 Å². The molecular formula is C30H36N2O2. The van der Waals surface area contributed by atoms with Crippen LogP contribution in [0.1, 0.15) is 65.7 Å². The van der Waals surface area contributed by atoms with Crippen LogP contribution >= 0.6 is 0 Å². The summed E-state index contributed by atoms with van der Waals surface area (Å²) in [6, 6.07) is 26.8. The smallest absolute Gasteiger partial charge is 0.251 e. The molecule has 1 N–H and O–H groups in total. The molecule has 0 aliphatic carbocycles. The second-order valence-electron chi connectivity index (χ2n) is 9.17. The van der Waals surface area contributed by atoms with Gasteiger partial charge in [-0.3, -0.25) is 9.69 Å². The molecule has 1 unspecified atom stereocenters. The highest BCUT2D eigenvalue weighted by Crippen LogP contribution is 2.24. The molecule has 1 saturated heterocycles. The molecule has 34 heavy (non-hydrogen) atoms. The zero-order chi connectivity index (χ0) is 23.6. The van der Waals surface area contributed by atoms with Gasteiger partial charge in [0.1, 0.15) is 12.4 Å². The topological polar surface area (TPSA) is 41.6 Å². The first kappa shape index (κ1) is 24.0. The maximum Gasteiger partial charge on any atom is 0.251 e. The molecule has 1 atom stereocenters. The first-order chi connectivity index (χ1) is 16.7. The Hall–Kier alpha value is -3.11. The SMILES string of the molecule is CC(c1ccc(CCNC(=O)c2ccc(OCc3ccccc3)cc2)cc1)N1CCCCCC1. The maximum absolute atomic E-state index is 12.5. The number of hydrogen-bond acceptors (Lipinski definition) is 3. The van der Waals surface area contributed by atoms with Crippen LogP contribution in [0.4, 0.5) is 0 Å². The Morgan fingerprint density at radius 3 is 2.21 bits per heavy atom. The highest BCUT2D eigenvalue weighted by atomic mass is 16.5. The number of carbonyl (C=O) groups excluding carboxylic acids is 1. The minimum atomic E-state index is -0.0546. The fourth-order valence-electron chi connectivity index (χ4n) is 4.52. The van der Waals surface area contributed by atoms with Crippen molar-refractivity contribution in [3.8, 4) is 5.75 Å². The van der Waals surface area contributed by atoms with E-state index in [1.54, 1.807) is 0 Å². The summed E-state index contributed by atoms with van der Waals surface area (Å²) in [7, 11) is 0. The molecule has 0 saturated carbocycles. The van der Waals surface area contributed by atoms with Crippen molar-refractivity contribution in [2.24, 2.45) is 0 Å². The van der Waals surface area contributed by atoms with Crippen LogP contribution in [0.3, 0.4) is 0 Å². The summed E-state index contributed by atoms with van der Waals surface area (Å²) in [6.45, 7) is 5.86. The number of likely N-dealkylation sites (tertiary alicyclic amines) is 1. The van der Waals surface area contributed by atoms with Gasteiger partial charge in [-0.05, 0) is 80.2 Å². The number of nitrogens with one attached hydrogen (secondary N) is 1. The average Bonchev–Trinajstić information content (AvgIpc) is 3.18. The van der Waals surface area contributed by atoms with Crippen LogP contribution in [0.2, 0.25) is 0 Å². The van der Waals surface area contributed by atoms with E-state index in [4.69, 9.17) is 4.74 Å². The molecule has 0 aromatic heterocycles. The minimum Gasteiger partial charge on any atom is -0.489 e. The Kier molecular flexibility index (Phi) is 8.75. The second-order valence-corrected chi connectivity index (χ2v) is 9.17. The van der Waals surface area contributed by atoms with Crippen molar-refractivity contribution >= 4 is 5.91 Å². The van der Waals surface area contributed by atoms with E-state index in [0.717, 1.165) is 17.7 Å². The number of carbonyl (C=O) groups is 1. The summed E-state index contributed by atoms with van der Waals surface area (Å²) in [6.07, 6.45) is 6.17. The molecule has 1 heterocycles. The third kappa shape index (κ3) is 6.94.